The third kappa shape index (κ3) is 3.36. The normalized spacial score (nSPS) is 19.6. The van der Waals surface area contributed by atoms with Crippen LogP contribution in [-0.4, -0.2) is 41.1 Å². The summed E-state index contributed by atoms with van der Waals surface area (Å²) in [7, 11) is -0.870. The number of hydrogen-bond donors (Lipinski definition) is 2. The van der Waals surface area contributed by atoms with Crippen LogP contribution < -0.4 is 0 Å². The number of hydrogen-bond acceptors (Lipinski definition) is 4. The van der Waals surface area contributed by atoms with Crippen molar-refractivity contribution in [1.29, 1.82) is 0 Å². The van der Waals surface area contributed by atoms with Crippen molar-refractivity contribution >= 4 is 19.2 Å². The van der Waals surface area contributed by atoms with Crippen LogP contribution in [0.2, 0.25) is 0 Å². The molecule has 24 heavy (non-hydrogen) atoms. The van der Waals surface area contributed by atoms with Crippen LogP contribution in [0.5, 0.6) is 0 Å². The first-order valence-corrected chi connectivity index (χ1v) is 7.38. The molecule has 0 aliphatic carbocycles. The number of carboxylic acid groups (broad SMARTS) is 1. The van der Waals surface area contributed by atoms with E-state index in [1.165, 1.54) is 6.08 Å². The van der Waals surface area contributed by atoms with Gasteiger partial charge in [0, 0.05) is 0 Å². The average Bonchev–Trinajstić information content (AvgIpc) is 2.63. The molecule has 1 aromatic carbocycles. The molecule has 1 aliphatic rings. The van der Waals surface area contributed by atoms with Gasteiger partial charge < -0.3 is 19.5 Å². The second-order valence-corrected chi connectivity index (χ2v) is 6.63. The summed E-state index contributed by atoms with van der Waals surface area (Å²) in [6.07, 6.45) is 1.32. The van der Waals surface area contributed by atoms with Gasteiger partial charge in [-0.25, -0.2) is 13.6 Å². The highest BCUT2D eigenvalue weighted by atomic mass is 19.1. The predicted molar refractivity (Wildman–Crippen MR) is 84.5 cm³/mol. The summed E-state index contributed by atoms with van der Waals surface area (Å²) in [5, 5.41) is 18.3. The van der Waals surface area contributed by atoms with Crippen LogP contribution >= 0.6 is 0 Å². The summed E-state index contributed by atoms with van der Waals surface area (Å²) in [6.45, 7) is 6.90. The maximum Gasteiger partial charge on any atom is 0.492 e. The van der Waals surface area contributed by atoms with Crippen molar-refractivity contribution in [2.45, 2.75) is 38.9 Å². The summed E-state index contributed by atoms with van der Waals surface area (Å²) < 4.78 is 39.1. The number of aliphatic hydroxyl groups is 1. The minimum absolute atomic E-state index is 0.0637. The first-order chi connectivity index (χ1) is 11.0. The zero-order valence-electron chi connectivity index (χ0n) is 13.9. The molecule has 0 spiro atoms. The van der Waals surface area contributed by atoms with Crippen LogP contribution in [0.3, 0.4) is 0 Å². The van der Waals surface area contributed by atoms with Crippen molar-refractivity contribution in [3.05, 3.63) is 40.4 Å². The highest BCUT2D eigenvalue weighted by Crippen LogP contribution is 2.38. The Labute approximate surface area is 139 Å². The van der Waals surface area contributed by atoms with Crippen molar-refractivity contribution in [3.63, 3.8) is 0 Å². The fourth-order valence-corrected chi connectivity index (χ4v) is 2.28. The fourth-order valence-electron chi connectivity index (χ4n) is 2.28. The number of halogens is 2. The van der Waals surface area contributed by atoms with E-state index in [-0.39, 0.29) is 11.0 Å². The van der Waals surface area contributed by atoms with Crippen molar-refractivity contribution in [3.8, 4) is 0 Å². The largest absolute Gasteiger partial charge is 0.492 e. The van der Waals surface area contributed by atoms with Gasteiger partial charge in [-0.15, -0.1) is 0 Å². The zero-order valence-corrected chi connectivity index (χ0v) is 13.9. The van der Waals surface area contributed by atoms with Gasteiger partial charge in [0.1, 0.15) is 17.2 Å². The third-order valence-corrected chi connectivity index (χ3v) is 4.37. The molecule has 1 heterocycles. The summed E-state index contributed by atoms with van der Waals surface area (Å²) in [6, 6.07) is 1.76. The molecule has 1 aromatic rings. The molecule has 0 amide bonds. The molecule has 0 unspecified atom stereocenters. The van der Waals surface area contributed by atoms with E-state index in [4.69, 9.17) is 14.4 Å². The van der Waals surface area contributed by atoms with Crippen molar-refractivity contribution in [1.82, 2.24) is 0 Å². The SMILES string of the molecule is CC1(C)OB(C(=Cc2cc(F)c(C(=O)O)c(F)c2)CO)OC1(C)C. The van der Waals surface area contributed by atoms with E-state index in [9.17, 15) is 18.7 Å². The highest BCUT2D eigenvalue weighted by molar-refractivity contribution is 6.55. The maximum absolute atomic E-state index is 13.8. The molecule has 2 N–H and O–H groups in total. The van der Waals surface area contributed by atoms with Gasteiger partial charge in [0.2, 0.25) is 0 Å². The lowest BCUT2D eigenvalue weighted by atomic mass is 9.77. The molecule has 5 nitrogen and oxygen atoms in total. The van der Waals surface area contributed by atoms with Gasteiger partial charge in [0.25, 0.3) is 0 Å². The number of benzene rings is 1. The number of carbonyl (C=O) groups is 1. The molecule has 0 aromatic heterocycles. The number of aromatic carboxylic acids is 1. The number of rotatable bonds is 4. The Morgan fingerprint density at radius 2 is 1.62 bits per heavy atom. The minimum Gasteiger partial charge on any atom is -0.477 e. The lowest BCUT2D eigenvalue weighted by Gasteiger charge is -2.32. The van der Waals surface area contributed by atoms with E-state index in [2.05, 4.69) is 0 Å². The van der Waals surface area contributed by atoms with E-state index in [1.54, 1.807) is 0 Å². The van der Waals surface area contributed by atoms with Crippen molar-refractivity contribution in [2.75, 3.05) is 6.61 Å². The molecule has 1 fully saturated rings. The molecular formula is C16H19BF2O5. The monoisotopic (exact) mass is 340 g/mol. The number of carboxylic acids is 1. The Balaban J connectivity index is 2.37. The van der Waals surface area contributed by atoms with E-state index < -0.39 is 48.1 Å². The zero-order chi connectivity index (χ0) is 18.3. The predicted octanol–water partition coefficient (Wildman–Crippen LogP) is 2.67. The second-order valence-electron chi connectivity index (χ2n) is 6.63. The first kappa shape index (κ1) is 18.6. The van der Waals surface area contributed by atoms with E-state index in [0.29, 0.717) is 0 Å². The van der Waals surface area contributed by atoms with Crippen LogP contribution in [0.25, 0.3) is 6.08 Å². The van der Waals surface area contributed by atoms with Gasteiger partial charge in [-0.05, 0) is 50.9 Å². The van der Waals surface area contributed by atoms with Crippen LogP contribution in [0.15, 0.2) is 17.6 Å². The maximum atomic E-state index is 13.8. The smallest absolute Gasteiger partial charge is 0.477 e. The first-order valence-electron chi connectivity index (χ1n) is 7.38. The lowest BCUT2D eigenvalue weighted by molar-refractivity contribution is 0.00578. The van der Waals surface area contributed by atoms with Gasteiger partial charge in [0.05, 0.1) is 17.8 Å². The molecule has 130 valence electrons. The Bertz CT molecular complexity index is 661. The van der Waals surface area contributed by atoms with Gasteiger partial charge in [-0.3, -0.25) is 0 Å². The Morgan fingerprint density at radius 1 is 1.17 bits per heavy atom. The summed E-state index contributed by atoms with van der Waals surface area (Å²) in [5.74, 6) is -4.08. The molecule has 0 atom stereocenters. The molecule has 8 heteroatoms. The molecule has 1 saturated heterocycles. The Hall–Kier alpha value is -1.77. The van der Waals surface area contributed by atoms with Crippen molar-refractivity contribution < 1.29 is 33.1 Å². The Kier molecular flexibility index (Phi) is 4.85. The minimum atomic E-state index is -1.69. The topological polar surface area (TPSA) is 76.0 Å². The van der Waals surface area contributed by atoms with Gasteiger partial charge in [-0.2, -0.15) is 0 Å². The Morgan fingerprint density at radius 3 is 2.00 bits per heavy atom. The highest BCUT2D eigenvalue weighted by Gasteiger charge is 2.52. The fraction of sp³-hybridized carbons (Fsp3) is 0.438. The summed E-state index contributed by atoms with van der Waals surface area (Å²) >= 11 is 0. The molecule has 0 saturated carbocycles. The second kappa shape index (κ2) is 6.27. The van der Waals surface area contributed by atoms with Crippen LogP contribution in [0, 0.1) is 11.6 Å². The third-order valence-electron chi connectivity index (χ3n) is 4.37. The summed E-state index contributed by atoms with van der Waals surface area (Å²) in [4.78, 5) is 10.8. The summed E-state index contributed by atoms with van der Waals surface area (Å²) in [5.41, 5.74) is -1.94. The molecular weight excluding hydrogens is 321 g/mol. The van der Waals surface area contributed by atoms with E-state index >= 15 is 0 Å². The van der Waals surface area contributed by atoms with E-state index in [1.807, 2.05) is 27.7 Å². The van der Waals surface area contributed by atoms with Gasteiger partial charge >= 0.3 is 13.1 Å². The van der Waals surface area contributed by atoms with Gasteiger partial charge in [0.15, 0.2) is 0 Å². The molecule has 2 rings (SSSR count). The van der Waals surface area contributed by atoms with Crippen LogP contribution in [0.1, 0.15) is 43.6 Å². The molecule has 1 aliphatic heterocycles. The van der Waals surface area contributed by atoms with Crippen LogP contribution in [-0.2, 0) is 9.31 Å². The molecule has 0 radical (unpaired) electrons. The lowest BCUT2D eigenvalue weighted by Crippen LogP contribution is -2.41. The number of aliphatic hydroxyl groups excluding tert-OH is 1. The van der Waals surface area contributed by atoms with E-state index in [0.717, 1.165) is 12.1 Å². The van der Waals surface area contributed by atoms with Crippen LogP contribution in [0.4, 0.5) is 8.78 Å². The standard InChI is InChI=1S/C16H19BF2O5/c1-15(2)16(3,4)24-17(23-15)10(8-20)5-9-6-11(18)13(14(21)22)12(19)7-9/h5-7,20H,8H2,1-4H3,(H,21,22). The average molecular weight is 340 g/mol. The molecule has 0 bridgehead atoms. The van der Waals surface area contributed by atoms with Crippen molar-refractivity contribution in [2.24, 2.45) is 0 Å². The quantitative estimate of drug-likeness (QED) is 0.825. The van der Waals surface area contributed by atoms with Gasteiger partial charge in [-0.1, -0.05) is 6.08 Å².